The molecule has 0 bridgehead atoms. The molecule has 32 heavy (non-hydrogen) atoms. The Morgan fingerprint density at radius 1 is 1.06 bits per heavy atom. The van der Waals surface area contributed by atoms with Crippen molar-refractivity contribution in [3.63, 3.8) is 0 Å². The molecule has 4 aromatic rings. The maximum absolute atomic E-state index is 13.6. The number of fused-ring (bicyclic) bond motifs is 2. The monoisotopic (exact) mass is 469 g/mol. The highest BCUT2D eigenvalue weighted by Gasteiger charge is 2.45. The fourth-order valence-corrected chi connectivity index (χ4v) is 4.75. The Morgan fingerprint density at radius 2 is 1.84 bits per heavy atom. The van der Waals surface area contributed by atoms with Crippen molar-refractivity contribution in [1.82, 2.24) is 10.2 Å². The third-order valence-electron chi connectivity index (χ3n) is 5.28. The number of carbonyl (C=O) groups is 1. The Bertz CT molecular complexity index is 1450. The number of hydrogen-bond acceptors (Lipinski definition) is 8. The summed E-state index contributed by atoms with van der Waals surface area (Å²) >= 11 is 7.37. The summed E-state index contributed by atoms with van der Waals surface area (Å²) in [4.78, 5) is 28.5. The summed E-state index contributed by atoms with van der Waals surface area (Å²) in [6.07, 6.45) is 0. The van der Waals surface area contributed by atoms with E-state index in [2.05, 4.69) is 10.2 Å². The fraction of sp³-hybridized carbons (Fsp3) is 0.182. The van der Waals surface area contributed by atoms with Crippen LogP contribution in [0.5, 0.6) is 11.5 Å². The normalized spacial score (nSPS) is 15.3. The second-order valence-corrected chi connectivity index (χ2v) is 8.71. The van der Waals surface area contributed by atoms with Crippen LogP contribution in [0.2, 0.25) is 5.02 Å². The van der Waals surface area contributed by atoms with Crippen LogP contribution in [0.25, 0.3) is 11.0 Å². The van der Waals surface area contributed by atoms with Gasteiger partial charge in [-0.2, -0.15) is 0 Å². The standard InChI is InChI=1S/C22H16ClN3O5S/c1-10-24-25-22(32-10)26-18(11-4-6-15(29-2)16(8-11)30-3)17-19(27)13-9-12(23)5-7-14(13)31-20(17)21(26)28/h4-9,18H,1-3H3/t18-/m0/s1. The van der Waals surface area contributed by atoms with Crippen molar-refractivity contribution in [2.24, 2.45) is 0 Å². The van der Waals surface area contributed by atoms with Crippen molar-refractivity contribution in [3.8, 4) is 11.5 Å². The predicted octanol–water partition coefficient (Wildman–Crippen LogP) is 4.37. The summed E-state index contributed by atoms with van der Waals surface area (Å²) < 4.78 is 16.7. The first-order chi connectivity index (χ1) is 15.4. The third-order valence-corrected chi connectivity index (χ3v) is 6.35. The molecule has 0 saturated heterocycles. The van der Waals surface area contributed by atoms with Crippen LogP contribution in [-0.4, -0.2) is 30.3 Å². The Kier molecular flexibility index (Phi) is 4.87. The zero-order chi connectivity index (χ0) is 22.6. The van der Waals surface area contributed by atoms with Gasteiger partial charge in [0.15, 0.2) is 16.9 Å². The van der Waals surface area contributed by atoms with Crippen LogP contribution in [0, 0.1) is 6.92 Å². The van der Waals surface area contributed by atoms with Gasteiger partial charge in [0.25, 0.3) is 5.91 Å². The number of amides is 1. The summed E-state index contributed by atoms with van der Waals surface area (Å²) in [6, 6.07) is 9.16. The lowest BCUT2D eigenvalue weighted by Crippen LogP contribution is -2.29. The van der Waals surface area contributed by atoms with Crippen molar-refractivity contribution in [2.45, 2.75) is 13.0 Å². The number of carbonyl (C=O) groups excluding carboxylic acids is 1. The number of rotatable bonds is 4. The molecule has 10 heteroatoms. The minimum Gasteiger partial charge on any atom is -0.493 e. The maximum Gasteiger partial charge on any atom is 0.297 e. The third kappa shape index (κ3) is 3.04. The van der Waals surface area contributed by atoms with Crippen LogP contribution in [0.15, 0.2) is 45.6 Å². The van der Waals surface area contributed by atoms with Crippen LogP contribution in [0.4, 0.5) is 5.13 Å². The fourth-order valence-electron chi connectivity index (χ4n) is 3.86. The molecule has 8 nitrogen and oxygen atoms in total. The van der Waals surface area contributed by atoms with Gasteiger partial charge >= 0.3 is 0 Å². The van der Waals surface area contributed by atoms with Crippen molar-refractivity contribution >= 4 is 44.9 Å². The number of ether oxygens (including phenoxy) is 2. The molecule has 0 saturated carbocycles. The van der Waals surface area contributed by atoms with Crippen molar-refractivity contribution in [3.05, 3.63) is 73.5 Å². The average molecular weight is 470 g/mol. The lowest BCUT2D eigenvalue weighted by molar-refractivity contribution is 0.0970. The van der Waals surface area contributed by atoms with E-state index < -0.39 is 11.9 Å². The Hall–Kier alpha value is -3.43. The molecule has 2 aromatic heterocycles. The van der Waals surface area contributed by atoms with Crippen LogP contribution >= 0.6 is 22.9 Å². The molecule has 2 aromatic carbocycles. The van der Waals surface area contributed by atoms with Gasteiger partial charge in [0, 0.05) is 5.02 Å². The Labute approximate surface area is 191 Å². The van der Waals surface area contributed by atoms with E-state index >= 15 is 0 Å². The van der Waals surface area contributed by atoms with E-state index in [0.29, 0.717) is 37.6 Å². The van der Waals surface area contributed by atoms with Gasteiger partial charge in [0.2, 0.25) is 10.9 Å². The quantitative estimate of drug-likeness (QED) is 0.438. The first-order valence-corrected chi connectivity index (χ1v) is 10.7. The van der Waals surface area contributed by atoms with Gasteiger partial charge in [-0.15, -0.1) is 10.2 Å². The van der Waals surface area contributed by atoms with E-state index in [0.717, 1.165) is 0 Å². The van der Waals surface area contributed by atoms with Gasteiger partial charge < -0.3 is 13.9 Å². The topological polar surface area (TPSA) is 94.8 Å². The first-order valence-electron chi connectivity index (χ1n) is 9.54. The van der Waals surface area contributed by atoms with E-state index in [-0.39, 0.29) is 22.3 Å². The molecule has 1 aliphatic rings. The largest absolute Gasteiger partial charge is 0.493 e. The Morgan fingerprint density at radius 3 is 2.53 bits per heavy atom. The number of benzene rings is 2. The van der Waals surface area contributed by atoms with Gasteiger partial charge in [0.05, 0.1) is 31.2 Å². The lowest BCUT2D eigenvalue weighted by atomic mass is 9.98. The lowest BCUT2D eigenvalue weighted by Gasteiger charge is -2.23. The van der Waals surface area contributed by atoms with Crippen LogP contribution in [0.3, 0.4) is 0 Å². The van der Waals surface area contributed by atoms with Gasteiger partial charge in [-0.3, -0.25) is 14.5 Å². The average Bonchev–Trinajstić information content (AvgIpc) is 3.34. The molecule has 0 unspecified atom stereocenters. The van der Waals surface area contributed by atoms with E-state index in [1.54, 1.807) is 37.3 Å². The zero-order valence-corrected chi connectivity index (χ0v) is 18.8. The van der Waals surface area contributed by atoms with Crippen LogP contribution in [0.1, 0.15) is 32.7 Å². The first kappa shape index (κ1) is 20.5. The molecule has 0 N–H and O–H groups in total. The summed E-state index contributed by atoms with van der Waals surface area (Å²) in [5.41, 5.74) is 0.801. The molecule has 0 aliphatic carbocycles. The SMILES string of the molecule is COc1ccc([C@H]2c3c(oc4ccc(Cl)cc4c3=O)C(=O)N2c2nnc(C)s2)cc1OC. The molecule has 1 aliphatic heterocycles. The molecule has 1 amide bonds. The summed E-state index contributed by atoms with van der Waals surface area (Å²) in [5.74, 6) is 0.492. The number of nitrogens with zero attached hydrogens (tertiary/aromatic N) is 3. The predicted molar refractivity (Wildman–Crippen MR) is 120 cm³/mol. The molecule has 162 valence electrons. The molecular formula is C22H16ClN3O5S. The minimum absolute atomic E-state index is 0.0301. The molecule has 5 rings (SSSR count). The number of aromatic nitrogens is 2. The van der Waals surface area contributed by atoms with Crippen molar-refractivity contribution < 1.29 is 18.7 Å². The van der Waals surface area contributed by atoms with E-state index in [4.69, 9.17) is 25.5 Å². The van der Waals surface area contributed by atoms with Crippen LogP contribution < -0.4 is 19.8 Å². The summed E-state index contributed by atoms with van der Waals surface area (Å²) in [5, 5.41) is 9.93. The number of aryl methyl sites for hydroxylation is 1. The summed E-state index contributed by atoms with van der Waals surface area (Å²) in [7, 11) is 3.05. The molecule has 0 spiro atoms. The second kappa shape index (κ2) is 7.61. The Balaban J connectivity index is 1.81. The molecule has 0 radical (unpaired) electrons. The van der Waals surface area contributed by atoms with E-state index in [1.807, 2.05) is 0 Å². The highest BCUT2D eigenvalue weighted by Crippen LogP contribution is 2.44. The number of hydrogen-bond donors (Lipinski definition) is 0. The van der Waals surface area contributed by atoms with Gasteiger partial charge in [0.1, 0.15) is 10.6 Å². The van der Waals surface area contributed by atoms with E-state index in [1.165, 1.54) is 36.5 Å². The molecular weight excluding hydrogens is 454 g/mol. The highest BCUT2D eigenvalue weighted by atomic mass is 35.5. The van der Waals surface area contributed by atoms with Crippen LogP contribution in [-0.2, 0) is 0 Å². The zero-order valence-electron chi connectivity index (χ0n) is 17.2. The maximum atomic E-state index is 13.6. The van der Waals surface area contributed by atoms with Gasteiger partial charge in [-0.25, -0.2) is 0 Å². The van der Waals surface area contributed by atoms with Crippen molar-refractivity contribution in [2.75, 3.05) is 19.1 Å². The van der Waals surface area contributed by atoms with E-state index in [9.17, 15) is 9.59 Å². The number of halogens is 1. The molecule has 0 fully saturated rings. The van der Waals surface area contributed by atoms with Gasteiger partial charge in [-0.05, 0) is 42.8 Å². The number of methoxy groups -OCH3 is 2. The second-order valence-electron chi connectivity index (χ2n) is 7.11. The van der Waals surface area contributed by atoms with Gasteiger partial charge in [-0.1, -0.05) is 29.0 Å². The number of anilines is 1. The minimum atomic E-state index is -0.788. The van der Waals surface area contributed by atoms with Crippen molar-refractivity contribution in [1.29, 1.82) is 0 Å². The molecule has 1 atom stereocenters. The molecule has 3 heterocycles. The summed E-state index contributed by atoms with van der Waals surface area (Å²) in [6.45, 7) is 1.79. The highest BCUT2D eigenvalue weighted by molar-refractivity contribution is 7.15. The smallest absolute Gasteiger partial charge is 0.297 e.